The molecular weight excluding hydrogens is 466 g/mol. The number of ketones is 1. The normalized spacial score (nSPS) is 11.6. The lowest BCUT2D eigenvalue weighted by molar-refractivity contribution is -0.137. The molecule has 0 bridgehead atoms. The highest BCUT2D eigenvalue weighted by atomic mass is 16.2. The molecule has 1 heterocycles. The Labute approximate surface area is 215 Å². The second-order valence-corrected chi connectivity index (χ2v) is 8.78. The van der Waals surface area contributed by atoms with Crippen LogP contribution in [0.1, 0.15) is 32.9 Å². The van der Waals surface area contributed by atoms with E-state index in [1.165, 1.54) is 10.2 Å². The molecule has 4 aromatic rings. The number of hydrogen-bond donors (Lipinski definition) is 3. The molecule has 8 nitrogen and oxygen atoms in total. The van der Waals surface area contributed by atoms with Gasteiger partial charge < -0.3 is 16.4 Å². The predicted molar refractivity (Wildman–Crippen MR) is 141 cm³/mol. The van der Waals surface area contributed by atoms with Crippen molar-refractivity contribution in [1.82, 2.24) is 20.4 Å². The minimum atomic E-state index is -1.10. The maximum Gasteiger partial charge on any atom is 0.287 e. The van der Waals surface area contributed by atoms with Gasteiger partial charge >= 0.3 is 0 Å². The number of rotatable bonds is 11. The first kappa shape index (κ1) is 25.5. The van der Waals surface area contributed by atoms with Gasteiger partial charge in [0.25, 0.3) is 11.8 Å². The van der Waals surface area contributed by atoms with Crippen molar-refractivity contribution in [2.45, 2.75) is 32.5 Å². The van der Waals surface area contributed by atoms with Crippen LogP contribution < -0.4 is 16.4 Å². The number of benzene rings is 3. The zero-order chi connectivity index (χ0) is 26.2. The molecule has 0 aliphatic rings. The Morgan fingerprint density at radius 2 is 1.41 bits per heavy atom. The summed E-state index contributed by atoms with van der Waals surface area (Å²) in [7, 11) is 0. The average Bonchev–Trinajstić information content (AvgIpc) is 3.31. The van der Waals surface area contributed by atoms with Gasteiger partial charge in [-0.2, -0.15) is 5.10 Å². The molecule has 2 amide bonds. The first-order valence-corrected chi connectivity index (χ1v) is 12.0. The standard InChI is InChI=1S/C29H29N5O3/c1-20-16-26(29(37)32-25(27(35)28(30)36)17-21-8-4-2-5-9-21)34(33-20)24-14-12-23(13-15-24)19-31-18-22-10-6-3-7-11-22/h2-16,25,31H,17-19H2,1H3,(H2,30,36)(H,32,37). The van der Waals surface area contributed by atoms with E-state index in [0.29, 0.717) is 17.9 Å². The highest BCUT2D eigenvalue weighted by molar-refractivity contribution is 6.38. The first-order valence-electron chi connectivity index (χ1n) is 12.0. The number of aryl methyl sites for hydroxylation is 1. The van der Waals surface area contributed by atoms with E-state index < -0.39 is 23.6 Å². The summed E-state index contributed by atoms with van der Waals surface area (Å²) in [5.41, 5.74) is 9.93. The van der Waals surface area contributed by atoms with Gasteiger partial charge in [-0.05, 0) is 41.8 Å². The number of nitrogens with two attached hydrogens (primary N) is 1. The zero-order valence-electron chi connectivity index (χ0n) is 20.6. The minimum absolute atomic E-state index is 0.145. The Morgan fingerprint density at radius 1 is 0.838 bits per heavy atom. The molecule has 0 saturated carbocycles. The number of hydrogen-bond acceptors (Lipinski definition) is 5. The second kappa shape index (κ2) is 11.9. The van der Waals surface area contributed by atoms with Crippen molar-refractivity contribution >= 4 is 17.6 Å². The van der Waals surface area contributed by atoms with Gasteiger partial charge in [0.1, 0.15) is 11.7 Å². The second-order valence-electron chi connectivity index (χ2n) is 8.78. The van der Waals surface area contributed by atoms with E-state index in [2.05, 4.69) is 27.9 Å². The summed E-state index contributed by atoms with van der Waals surface area (Å²) in [6, 6.07) is 27.6. The quantitative estimate of drug-likeness (QED) is 0.277. The molecule has 37 heavy (non-hydrogen) atoms. The highest BCUT2D eigenvalue weighted by Crippen LogP contribution is 2.15. The number of primary amides is 1. The number of amides is 2. The Balaban J connectivity index is 1.47. The van der Waals surface area contributed by atoms with Crippen LogP contribution in [0.5, 0.6) is 0 Å². The summed E-state index contributed by atoms with van der Waals surface area (Å²) in [5.74, 6) is -2.47. The molecule has 3 aromatic carbocycles. The van der Waals surface area contributed by atoms with Crippen LogP contribution in [0.15, 0.2) is 91.0 Å². The molecule has 8 heteroatoms. The highest BCUT2D eigenvalue weighted by Gasteiger charge is 2.27. The van der Waals surface area contributed by atoms with Crippen molar-refractivity contribution < 1.29 is 14.4 Å². The number of Topliss-reactive ketones (excluding diaryl/α,β-unsaturated/α-hetero) is 1. The van der Waals surface area contributed by atoms with E-state index in [0.717, 1.165) is 17.7 Å². The molecule has 0 aliphatic carbocycles. The van der Waals surface area contributed by atoms with E-state index >= 15 is 0 Å². The Hall–Kier alpha value is -4.56. The summed E-state index contributed by atoms with van der Waals surface area (Å²) >= 11 is 0. The Bertz CT molecular complexity index is 1370. The summed E-state index contributed by atoms with van der Waals surface area (Å²) in [6.07, 6.45) is 0.145. The number of aromatic nitrogens is 2. The molecule has 0 fully saturated rings. The minimum Gasteiger partial charge on any atom is -0.363 e. The third-order valence-corrected chi connectivity index (χ3v) is 5.89. The summed E-state index contributed by atoms with van der Waals surface area (Å²) in [5, 5.41) is 10.6. The molecule has 4 rings (SSSR count). The Morgan fingerprint density at radius 3 is 2.00 bits per heavy atom. The maximum absolute atomic E-state index is 13.2. The van der Waals surface area contributed by atoms with Gasteiger partial charge in [-0.15, -0.1) is 0 Å². The van der Waals surface area contributed by atoms with Crippen molar-refractivity contribution in [1.29, 1.82) is 0 Å². The lowest BCUT2D eigenvalue weighted by atomic mass is 10.0. The first-order chi connectivity index (χ1) is 17.9. The monoisotopic (exact) mass is 495 g/mol. The fraction of sp³-hybridized carbons (Fsp3) is 0.172. The molecule has 0 radical (unpaired) electrons. The van der Waals surface area contributed by atoms with E-state index in [1.54, 1.807) is 13.0 Å². The van der Waals surface area contributed by atoms with Crippen molar-refractivity contribution in [3.8, 4) is 5.69 Å². The van der Waals surface area contributed by atoms with Crippen LogP contribution >= 0.6 is 0 Å². The van der Waals surface area contributed by atoms with Gasteiger partial charge in [-0.1, -0.05) is 72.8 Å². The van der Waals surface area contributed by atoms with Crippen LogP contribution in [0.2, 0.25) is 0 Å². The van der Waals surface area contributed by atoms with E-state index in [-0.39, 0.29) is 12.1 Å². The van der Waals surface area contributed by atoms with Gasteiger partial charge in [-0.25, -0.2) is 4.68 Å². The maximum atomic E-state index is 13.2. The molecule has 1 unspecified atom stereocenters. The Kier molecular flexibility index (Phi) is 8.22. The fourth-order valence-electron chi connectivity index (χ4n) is 4.02. The summed E-state index contributed by atoms with van der Waals surface area (Å²) in [6.45, 7) is 3.24. The molecule has 0 aliphatic heterocycles. The number of carbonyl (C=O) groups excluding carboxylic acids is 3. The molecule has 4 N–H and O–H groups in total. The number of nitrogens with one attached hydrogen (secondary N) is 2. The van der Waals surface area contributed by atoms with Crippen LogP contribution in [0.4, 0.5) is 0 Å². The molecule has 0 saturated heterocycles. The largest absolute Gasteiger partial charge is 0.363 e. The van der Waals surface area contributed by atoms with Gasteiger partial charge in [-0.3, -0.25) is 14.4 Å². The van der Waals surface area contributed by atoms with E-state index in [4.69, 9.17) is 5.73 Å². The SMILES string of the molecule is Cc1cc(C(=O)NC(Cc2ccccc2)C(=O)C(N)=O)n(-c2ccc(CNCc3ccccc3)cc2)n1. The van der Waals surface area contributed by atoms with E-state index in [9.17, 15) is 14.4 Å². The fourth-order valence-corrected chi connectivity index (χ4v) is 4.02. The van der Waals surface area contributed by atoms with Crippen LogP contribution in [0.3, 0.4) is 0 Å². The lowest BCUT2D eigenvalue weighted by Gasteiger charge is -2.17. The summed E-state index contributed by atoms with van der Waals surface area (Å²) in [4.78, 5) is 37.3. The molecule has 1 aromatic heterocycles. The van der Waals surface area contributed by atoms with Crippen molar-refractivity contribution in [2.75, 3.05) is 0 Å². The smallest absolute Gasteiger partial charge is 0.287 e. The van der Waals surface area contributed by atoms with Gasteiger partial charge in [0, 0.05) is 19.5 Å². The average molecular weight is 496 g/mol. The lowest BCUT2D eigenvalue weighted by Crippen LogP contribution is -2.47. The number of nitrogens with zero attached hydrogens (tertiary/aromatic N) is 2. The van der Waals surface area contributed by atoms with Gasteiger partial charge in [0.05, 0.1) is 11.4 Å². The van der Waals surface area contributed by atoms with Gasteiger partial charge in [0.2, 0.25) is 5.78 Å². The molecule has 188 valence electrons. The third-order valence-electron chi connectivity index (χ3n) is 5.89. The predicted octanol–water partition coefficient (Wildman–Crippen LogP) is 2.87. The molecular formula is C29H29N5O3. The van der Waals surface area contributed by atoms with Crippen LogP contribution in [0, 0.1) is 6.92 Å². The van der Waals surface area contributed by atoms with Crippen LogP contribution in [0.25, 0.3) is 5.69 Å². The molecule has 1 atom stereocenters. The topological polar surface area (TPSA) is 119 Å². The summed E-state index contributed by atoms with van der Waals surface area (Å²) < 4.78 is 1.53. The van der Waals surface area contributed by atoms with Crippen molar-refractivity contribution in [2.24, 2.45) is 5.73 Å². The number of carbonyl (C=O) groups is 3. The van der Waals surface area contributed by atoms with Crippen molar-refractivity contribution in [3.05, 3.63) is 119 Å². The molecule has 0 spiro atoms. The zero-order valence-corrected chi connectivity index (χ0v) is 20.6. The van der Waals surface area contributed by atoms with Gasteiger partial charge in [0.15, 0.2) is 0 Å². The van der Waals surface area contributed by atoms with Crippen LogP contribution in [-0.2, 0) is 29.1 Å². The van der Waals surface area contributed by atoms with Crippen LogP contribution in [-0.4, -0.2) is 33.4 Å². The van der Waals surface area contributed by atoms with Crippen molar-refractivity contribution in [3.63, 3.8) is 0 Å². The van der Waals surface area contributed by atoms with E-state index in [1.807, 2.05) is 72.8 Å². The third kappa shape index (κ3) is 6.77.